The van der Waals surface area contributed by atoms with Crippen molar-refractivity contribution < 1.29 is 19.1 Å². The van der Waals surface area contributed by atoms with E-state index in [0.717, 1.165) is 0 Å². The molecule has 0 bridgehead atoms. The summed E-state index contributed by atoms with van der Waals surface area (Å²) >= 11 is 0. The van der Waals surface area contributed by atoms with Crippen LogP contribution in [-0.4, -0.2) is 52.0 Å². The molecule has 1 aromatic heterocycles. The lowest BCUT2D eigenvalue weighted by atomic mass is 10.1. The minimum absolute atomic E-state index is 0.166. The van der Waals surface area contributed by atoms with Crippen molar-refractivity contribution in [3.63, 3.8) is 0 Å². The fourth-order valence-electron chi connectivity index (χ4n) is 2.50. The molecule has 130 valence electrons. The number of primary amides is 1. The van der Waals surface area contributed by atoms with Crippen LogP contribution < -0.4 is 11.1 Å². The van der Waals surface area contributed by atoms with Gasteiger partial charge in [0.1, 0.15) is 11.6 Å². The third-order valence-electron chi connectivity index (χ3n) is 3.54. The van der Waals surface area contributed by atoms with Gasteiger partial charge in [-0.05, 0) is 39.3 Å². The third-order valence-corrected chi connectivity index (χ3v) is 3.54. The zero-order valence-electron chi connectivity index (χ0n) is 14.0. The molecular weight excluding hydrogens is 312 g/mol. The molecule has 2 atom stereocenters. The second kappa shape index (κ2) is 6.86. The number of hydrogen-bond acceptors (Lipinski definition) is 5. The lowest BCUT2D eigenvalue weighted by Crippen LogP contribution is -2.46. The highest BCUT2D eigenvalue weighted by atomic mass is 16.6. The van der Waals surface area contributed by atoms with Crippen LogP contribution in [0.5, 0.6) is 0 Å². The van der Waals surface area contributed by atoms with Crippen LogP contribution in [-0.2, 0) is 9.53 Å². The molecule has 8 nitrogen and oxygen atoms in total. The zero-order chi connectivity index (χ0) is 17.9. The van der Waals surface area contributed by atoms with Gasteiger partial charge in [-0.1, -0.05) is 0 Å². The maximum Gasteiger partial charge on any atom is 0.411 e. The minimum atomic E-state index is -0.803. The Kier molecular flexibility index (Phi) is 5.06. The first-order chi connectivity index (χ1) is 11.2. The molecule has 8 heteroatoms. The third kappa shape index (κ3) is 4.43. The summed E-state index contributed by atoms with van der Waals surface area (Å²) in [7, 11) is 0. The number of nitrogens with two attached hydrogens (primary N) is 1. The van der Waals surface area contributed by atoms with Gasteiger partial charge in [-0.3, -0.25) is 19.5 Å². The van der Waals surface area contributed by atoms with E-state index in [9.17, 15) is 14.4 Å². The van der Waals surface area contributed by atoms with Gasteiger partial charge in [0.15, 0.2) is 0 Å². The summed E-state index contributed by atoms with van der Waals surface area (Å²) in [6, 6.07) is 1.99. The predicted molar refractivity (Wildman–Crippen MR) is 86.0 cm³/mol. The van der Waals surface area contributed by atoms with Gasteiger partial charge in [0.2, 0.25) is 5.91 Å². The van der Waals surface area contributed by atoms with E-state index >= 15 is 0 Å². The van der Waals surface area contributed by atoms with Gasteiger partial charge in [-0.15, -0.1) is 0 Å². The number of likely N-dealkylation sites (tertiary alicyclic amines) is 1. The van der Waals surface area contributed by atoms with E-state index < -0.39 is 23.6 Å². The van der Waals surface area contributed by atoms with Crippen molar-refractivity contribution in [2.24, 2.45) is 5.73 Å². The van der Waals surface area contributed by atoms with Crippen LogP contribution in [0.4, 0.5) is 4.79 Å². The molecule has 1 aliphatic heterocycles. The average Bonchev–Trinajstić information content (AvgIpc) is 2.90. The van der Waals surface area contributed by atoms with E-state index in [1.807, 2.05) is 0 Å². The number of carbonyl (C=O) groups excluding carboxylic acids is 3. The Morgan fingerprint density at radius 3 is 2.46 bits per heavy atom. The summed E-state index contributed by atoms with van der Waals surface area (Å²) in [5.41, 5.74) is 5.16. The van der Waals surface area contributed by atoms with Crippen molar-refractivity contribution in [2.45, 2.75) is 44.9 Å². The van der Waals surface area contributed by atoms with Crippen molar-refractivity contribution in [3.8, 4) is 0 Å². The Balaban J connectivity index is 2.05. The summed E-state index contributed by atoms with van der Waals surface area (Å²) in [6.45, 7) is 5.38. The largest absolute Gasteiger partial charge is 0.444 e. The monoisotopic (exact) mass is 334 g/mol. The first-order valence-corrected chi connectivity index (χ1v) is 7.67. The molecule has 3 amide bonds. The van der Waals surface area contributed by atoms with Crippen LogP contribution in [0.25, 0.3) is 0 Å². The predicted octanol–water partition coefficient (Wildman–Crippen LogP) is 0.675. The SMILES string of the molecule is CC(C)(C)OC(=O)N1C[C@H](NC(=O)c2ccncc2)C[C@H]1C(N)=O. The highest BCUT2D eigenvalue weighted by molar-refractivity contribution is 5.94. The maximum atomic E-state index is 12.3. The Hall–Kier alpha value is -2.64. The van der Waals surface area contributed by atoms with Gasteiger partial charge >= 0.3 is 6.09 Å². The summed E-state index contributed by atoms with van der Waals surface area (Å²) in [6.07, 6.45) is 2.67. The van der Waals surface area contributed by atoms with E-state index in [2.05, 4.69) is 10.3 Å². The van der Waals surface area contributed by atoms with Gasteiger partial charge in [0, 0.05) is 30.5 Å². The summed E-state index contributed by atoms with van der Waals surface area (Å²) in [5.74, 6) is -0.918. The van der Waals surface area contributed by atoms with Crippen molar-refractivity contribution in [1.82, 2.24) is 15.2 Å². The second-order valence-electron chi connectivity index (χ2n) is 6.69. The van der Waals surface area contributed by atoms with Crippen LogP contribution in [0.3, 0.4) is 0 Å². The topological polar surface area (TPSA) is 115 Å². The Bertz CT molecular complexity index is 627. The van der Waals surface area contributed by atoms with Crippen LogP contribution in [0, 0.1) is 0 Å². The van der Waals surface area contributed by atoms with E-state index in [1.54, 1.807) is 32.9 Å². The molecule has 0 radical (unpaired) electrons. The Morgan fingerprint density at radius 2 is 1.92 bits per heavy atom. The van der Waals surface area contributed by atoms with Gasteiger partial charge in [-0.25, -0.2) is 4.79 Å². The molecule has 0 aromatic carbocycles. The number of nitrogens with one attached hydrogen (secondary N) is 1. The normalized spacial score (nSPS) is 20.5. The average molecular weight is 334 g/mol. The number of hydrogen-bond donors (Lipinski definition) is 2. The molecule has 1 saturated heterocycles. The van der Waals surface area contributed by atoms with Crippen LogP contribution in [0.1, 0.15) is 37.6 Å². The standard InChI is InChI=1S/C16H22N4O4/c1-16(2,3)24-15(23)20-9-11(8-12(20)13(17)21)19-14(22)10-4-6-18-7-5-10/h4-7,11-12H,8-9H2,1-3H3,(H2,17,21)(H,19,22)/t11-,12+/m1/s1. The molecule has 1 fully saturated rings. The van der Waals surface area contributed by atoms with Gasteiger partial charge in [-0.2, -0.15) is 0 Å². The molecule has 2 rings (SSSR count). The fourth-order valence-corrected chi connectivity index (χ4v) is 2.50. The number of rotatable bonds is 3. The summed E-state index contributed by atoms with van der Waals surface area (Å²) in [5, 5.41) is 2.80. The quantitative estimate of drug-likeness (QED) is 0.843. The number of pyridine rings is 1. The molecule has 0 saturated carbocycles. The molecule has 1 aromatic rings. The number of carbonyl (C=O) groups is 3. The molecule has 0 spiro atoms. The number of nitrogens with zero attached hydrogens (tertiary/aromatic N) is 2. The maximum absolute atomic E-state index is 12.3. The van der Waals surface area contributed by atoms with E-state index in [-0.39, 0.29) is 24.9 Å². The molecule has 2 heterocycles. The van der Waals surface area contributed by atoms with E-state index in [1.165, 1.54) is 17.3 Å². The first kappa shape index (κ1) is 17.7. The van der Waals surface area contributed by atoms with Crippen molar-refractivity contribution in [1.29, 1.82) is 0 Å². The number of ether oxygens (including phenoxy) is 1. The smallest absolute Gasteiger partial charge is 0.411 e. The molecule has 0 aliphatic carbocycles. The lowest BCUT2D eigenvalue weighted by molar-refractivity contribution is -0.122. The van der Waals surface area contributed by atoms with Gasteiger partial charge < -0.3 is 15.8 Å². The van der Waals surface area contributed by atoms with Crippen molar-refractivity contribution >= 4 is 17.9 Å². The summed E-state index contributed by atoms with van der Waals surface area (Å²) < 4.78 is 5.30. The van der Waals surface area contributed by atoms with E-state index in [0.29, 0.717) is 5.56 Å². The van der Waals surface area contributed by atoms with Crippen LogP contribution in [0.15, 0.2) is 24.5 Å². The minimum Gasteiger partial charge on any atom is -0.444 e. The van der Waals surface area contributed by atoms with Gasteiger partial charge in [0.05, 0.1) is 0 Å². The second-order valence-corrected chi connectivity index (χ2v) is 6.69. The van der Waals surface area contributed by atoms with E-state index in [4.69, 9.17) is 10.5 Å². The van der Waals surface area contributed by atoms with Crippen molar-refractivity contribution in [2.75, 3.05) is 6.54 Å². The molecular formula is C16H22N4O4. The highest BCUT2D eigenvalue weighted by Crippen LogP contribution is 2.21. The first-order valence-electron chi connectivity index (χ1n) is 7.67. The molecule has 24 heavy (non-hydrogen) atoms. The zero-order valence-corrected chi connectivity index (χ0v) is 14.0. The van der Waals surface area contributed by atoms with Crippen LogP contribution >= 0.6 is 0 Å². The molecule has 3 N–H and O–H groups in total. The fraction of sp³-hybridized carbons (Fsp3) is 0.500. The lowest BCUT2D eigenvalue weighted by Gasteiger charge is -2.27. The molecule has 0 unspecified atom stereocenters. The number of aromatic nitrogens is 1. The molecule has 1 aliphatic rings. The Morgan fingerprint density at radius 1 is 1.29 bits per heavy atom. The number of amides is 3. The van der Waals surface area contributed by atoms with Crippen LogP contribution in [0.2, 0.25) is 0 Å². The Labute approximate surface area is 140 Å². The van der Waals surface area contributed by atoms with Gasteiger partial charge in [0.25, 0.3) is 5.91 Å². The highest BCUT2D eigenvalue weighted by Gasteiger charge is 2.41. The van der Waals surface area contributed by atoms with Crippen molar-refractivity contribution in [3.05, 3.63) is 30.1 Å². The summed E-state index contributed by atoms with van der Waals surface area (Å²) in [4.78, 5) is 41.2.